The zero-order chi connectivity index (χ0) is 19.8. The highest BCUT2D eigenvalue weighted by atomic mass is 32.2. The van der Waals surface area contributed by atoms with Crippen LogP contribution in [0.5, 0.6) is 5.75 Å². The van der Waals surface area contributed by atoms with Crippen molar-refractivity contribution >= 4 is 44.9 Å². The van der Waals surface area contributed by atoms with Crippen LogP contribution in [0.1, 0.15) is 30.7 Å². The number of phenolic OH excluding ortho intramolecular Hbond substituents is 1. The number of phenols is 1. The molecule has 2 aromatic heterocycles. The number of hydrogen-bond acceptors (Lipinski definition) is 6. The standard InChI is InChI=1S/C20H21N3O3S2/c1-10-3-8-14-15(9-10)28-19-16(14)18(26)22-20(23-19)27-11(2)17(25)21-12-4-6-13(24)7-5-12/h4-7,10-11,24H,3,8-9H2,1-2H3,(H,21,25)(H,22,23,26). The molecule has 2 heterocycles. The van der Waals surface area contributed by atoms with E-state index in [4.69, 9.17) is 0 Å². The van der Waals surface area contributed by atoms with Gasteiger partial charge in [-0.2, -0.15) is 0 Å². The molecule has 0 saturated carbocycles. The minimum Gasteiger partial charge on any atom is -0.508 e. The van der Waals surface area contributed by atoms with Gasteiger partial charge in [-0.3, -0.25) is 9.59 Å². The molecular weight excluding hydrogens is 394 g/mol. The summed E-state index contributed by atoms with van der Waals surface area (Å²) in [7, 11) is 0. The van der Waals surface area contributed by atoms with E-state index in [1.807, 2.05) is 0 Å². The van der Waals surface area contributed by atoms with Crippen molar-refractivity contribution in [3.8, 4) is 5.75 Å². The van der Waals surface area contributed by atoms with Gasteiger partial charge < -0.3 is 15.4 Å². The van der Waals surface area contributed by atoms with E-state index < -0.39 is 5.25 Å². The van der Waals surface area contributed by atoms with Gasteiger partial charge in [0.2, 0.25) is 5.91 Å². The van der Waals surface area contributed by atoms with Crippen LogP contribution in [0, 0.1) is 5.92 Å². The van der Waals surface area contributed by atoms with Crippen LogP contribution >= 0.6 is 23.1 Å². The number of rotatable bonds is 4. The minimum atomic E-state index is -0.441. The Hall–Kier alpha value is -2.32. The van der Waals surface area contributed by atoms with Crippen LogP contribution in [0.3, 0.4) is 0 Å². The number of carbonyl (C=O) groups excluding carboxylic acids is 1. The summed E-state index contributed by atoms with van der Waals surface area (Å²) in [4.78, 5) is 34.6. The normalized spacial score (nSPS) is 17.3. The summed E-state index contributed by atoms with van der Waals surface area (Å²) in [5.41, 5.74) is 1.64. The maximum atomic E-state index is 12.7. The number of aryl methyl sites for hydroxylation is 1. The second kappa shape index (κ2) is 7.60. The van der Waals surface area contributed by atoms with Crippen molar-refractivity contribution in [3.63, 3.8) is 0 Å². The van der Waals surface area contributed by atoms with Crippen LogP contribution in [0.4, 0.5) is 5.69 Å². The molecular formula is C20H21N3O3S2. The van der Waals surface area contributed by atoms with Gasteiger partial charge in [0.1, 0.15) is 10.6 Å². The number of thioether (sulfide) groups is 1. The Kier molecular flexibility index (Phi) is 5.16. The number of hydrogen-bond donors (Lipinski definition) is 3. The largest absolute Gasteiger partial charge is 0.508 e. The molecule has 2 unspecified atom stereocenters. The zero-order valence-electron chi connectivity index (χ0n) is 15.6. The first-order valence-corrected chi connectivity index (χ1v) is 10.9. The average molecular weight is 416 g/mol. The molecule has 1 aromatic carbocycles. The monoisotopic (exact) mass is 415 g/mol. The molecule has 2 atom stereocenters. The van der Waals surface area contributed by atoms with E-state index >= 15 is 0 Å². The molecule has 146 valence electrons. The average Bonchev–Trinajstić information content (AvgIpc) is 3.01. The van der Waals surface area contributed by atoms with E-state index in [2.05, 4.69) is 22.2 Å². The van der Waals surface area contributed by atoms with Gasteiger partial charge in [0.05, 0.1) is 10.6 Å². The summed E-state index contributed by atoms with van der Waals surface area (Å²) in [6.07, 6.45) is 3.03. The first-order chi connectivity index (χ1) is 13.4. The van der Waals surface area contributed by atoms with Gasteiger partial charge in [-0.1, -0.05) is 18.7 Å². The Balaban J connectivity index is 1.53. The number of H-pyrrole nitrogens is 1. The third-order valence-corrected chi connectivity index (χ3v) is 7.07. The van der Waals surface area contributed by atoms with E-state index in [9.17, 15) is 14.7 Å². The number of aromatic amines is 1. The predicted molar refractivity (Wildman–Crippen MR) is 113 cm³/mol. The Morgan fingerprint density at radius 3 is 2.89 bits per heavy atom. The lowest BCUT2D eigenvalue weighted by molar-refractivity contribution is -0.115. The second-order valence-corrected chi connectivity index (χ2v) is 9.61. The number of benzene rings is 1. The van der Waals surface area contributed by atoms with Crippen LogP contribution in [0.25, 0.3) is 10.2 Å². The van der Waals surface area contributed by atoms with E-state index in [-0.39, 0.29) is 17.2 Å². The Morgan fingerprint density at radius 1 is 1.39 bits per heavy atom. The maximum absolute atomic E-state index is 12.7. The van der Waals surface area contributed by atoms with Gasteiger partial charge in [0, 0.05) is 10.6 Å². The van der Waals surface area contributed by atoms with Crippen LogP contribution in [0.15, 0.2) is 34.2 Å². The Morgan fingerprint density at radius 2 is 2.14 bits per heavy atom. The van der Waals surface area contributed by atoms with Gasteiger partial charge in [0.15, 0.2) is 5.16 Å². The number of nitrogens with one attached hydrogen (secondary N) is 2. The van der Waals surface area contributed by atoms with Crippen molar-refractivity contribution in [2.75, 3.05) is 5.32 Å². The molecule has 3 N–H and O–H groups in total. The summed E-state index contributed by atoms with van der Waals surface area (Å²) in [6, 6.07) is 6.29. The van der Waals surface area contributed by atoms with Crippen LogP contribution in [0.2, 0.25) is 0 Å². The number of carbonyl (C=O) groups is 1. The molecule has 0 aliphatic heterocycles. The lowest BCUT2D eigenvalue weighted by Gasteiger charge is -2.17. The molecule has 0 fully saturated rings. The van der Waals surface area contributed by atoms with Crippen molar-refractivity contribution in [3.05, 3.63) is 45.1 Å². The number of aromatic hydroxyl groups is 1. The fourth-order valence-electron chi connectivity index (χ4n) is 3.39. The molecule has 3 aromatic rings. The van der Waals surface area contributed by atoms with Gasteiger partial charge in [0.25, 0.3) is 5.56 Å². The highest BCUT2D eigenvalue weighted by molar-refractivity contribution is 8.00. The quantitative estimate of drug-likeness (QED) is 0.341. The summed E-state index contributed by atoms with van der Waals surface area (Å²) in [6.45, 7) is 4.01. The molecule has 0 spiro atoms. The number of aromatic nitrogens is 2. The van der Waals surface area contributed by atoms with E-state index in [0.29, 0.717) is 16.8 Å². The van der Waals surface area contributed by atoms with Crippen molar-refractivity contribution in [1.29, 1.82) is 0 Å². The molecule has 1 aliphatic carbocycles. The van der Waals surface area contributed by atoms with Crippen molar-refractivity contribution in [2.45, 2.75) is 43.5 Å². The third-order valence-electron chi connectivity index (χ3n) is 4.94. The van der Waals surface area contributed by atoms with Gasteiger partial charge in [-0.15, -0.1) is 11.3 Å². The number of nitrogens with zero attached hydrogens (tertiary/aromatic N) is 1. The lowest BCUT2D eigenvalue weighted by atomic mass is 9.89. The molecule has 1 aliphatic rings. The van der Waals surface area contributed by atoms with Crippen LogP contribution in [-0.2, 0) is 17.6 Å². The van der Waals surface area contributed by atoms with E-state index in [0.717, 1.165) is 35.0 Å². The summed E-state index contributed by atoms with van der Waals surface area (Å²) in [5.74, 6) is 0.582. The molecule has 6 nitrogen and oxygen atoms in total. The van der Waals surface area contributed by atoms with Crippen LogP contribution in [-0.4, -0.2) is 26.2 Å². The van der Waals surface area contributed by atoms with Crippen LogP contribution < -0.4 is 10.9 Å². The summed E-state index contributed by atoms with van der Waals surface area (Å²) in [5, 5.41) is 12.9. The van der Waals surface area contributed by atoms with E-state index in [1.165, 1.54) is 28.8 Å². The van der Waals surface area contributed by atoms with E-state index in [1.54, 1.807) is 30.4 Å². The van der Waals surface area contributed by atoms with Crippen molar-refractivity contribution in [2.24, 2.45) is 5.92 Å². The predicted octanol–water partition coefficient (Wildman–Crippen LogP) is 3.93. The molecule has 8 heteroatoms. The highest BCUT2D eigenvalue weighted by Crippen LogP contribution is 2.36. The second-order valence-electron chi connectivity index (χ2n) is 7.20. The number of amides is 1. The topological polar surface area (TPSA) is 95.1 Å². The molecule has 0 bridgehead atoms. The SMILES string of the molecule is CC1CCc2c(sc3nc(SC(C)C(=O)Nc4ccc(O)cc4)[nH]c(=O)c23)C1. The summed E-state index contributed by atoms with van der Waals surface area (Å²) < 4.78 is 0. The zero-order valence-corrected chi connectivity index (χ0v) is 17.2. The first kappa shape index (κ1) is 19.0. The summed E-state index contributed by atoms with van der Waals surface area (Å²) >= 11 is 2.83. The Labute approximate surface area is 170 Å². The number of fused-ring (bicyclic) bond motifs is 3. The molecule has 4 rings (SSSR count). The molecule has 0 radical (unpaired) electrons. The third kappa shape index (κ3) is 3.79. The number of thiophene rings is 1. The maximum Gasteiger partial charge on any atom is 0.260 e. The molecule has 1 amide bonds. The molecule has 0 saturated heterocycles. The highest BCUT2D eigenvalue weighted by Gasteiger charge is 2.24. The van der Waals surface area contributed by atoms with Crippen molar-refractivity contribution < 1.29 is 9.90 Å². The van der Waals surface area contributed by atoms with Gasteiger partial charge >= 0.3 is 0 Å². The minimum absolute atomic E-state index is 0.120. The lowest BCUT2D eigenvalue weighted by Crippen LogP contribution is -2.23. The van der Waals surface area contributed by atoms with Gasteiger partial charge in [-0.05, 0) is 61.9 Å². The van der Waals surface area contributed by atoms with Crippen molar-refractivity contribution in [1.82, 2.24) is 9.97 Å². The first-order valence-electron chi connectivity index (χ1n) is 9.22. The molecule has 28 heavy (non-hydrogen) atoms. The fraction of sp³-hybridized carbons (Fsp3) is 0.350. The number of anilines is 1. The smallest absolute Gasteiger partial charge is 0.260 e. The Bertz CT molecular complexity index is 1090. The van der Waals surface area contributed by atoms with Gasteiger partial charge in [-0.25, -0.2) is 4.98 Å². The fourth-order valence-corrected chi connectivity index (χ4v) is 5.63.